The Morgan fingerprint density at radius 1 is 1.54 bits per heavy atom. The quantitative estimate of drug-likeness (QED) is 0.587. The number of nitrogens with two attached hydrogens (primary N) is 1. The van der Waals surface area contributed by atoms with Gasteiger partial charge < -0.3 is 10.8 Å². The lowest BCUT2D eigenvalue weighted by Crippen LogP contribution is -2.38. The van der Waals surface area contributed by atoms with Crippen LogP contribution in [0.4, 0.5) is 0 Å². The predicted molar refractivity (Wildman–Crippen MR) is 51.8 cm³/mol. The van der Waals surface area contributed by atoms with Crippen molar-refractivity contribution >= 4 is 10.0 Å². The zero-order valence-corrected chi connectivity index (χ0v) is 8.92. The normalized spacial score (nSPS) is 14.8. The molecule has 0 spiro atoms. The van der Waals surface area contributed by atoms with Gasteiger partial charge in [-0.05, 0) is 6.42 Å². The Morgan fingerprint density at radius 3 is 2.46 bits per heavy atom. The van der Waals surface area contributed by atoms with E-state index in [0.29, 0.717) is 6.42 Å². The van der Waals surface area contributed by atoms with Crippen LogP contribution in [0.3, 0.4) is 0 Å². The number of hydrogen-bond donors (Lipinski definition) is 2. The third-order valence-corrected chi connectivity index (χ3v) is 3.70. The Kier molecular flexibility index (Phi) is 5.46. The van der Waals surface area contributed by atoms with Gasteiger partial charge in [0, 0.05) is 20.1 Å². The Hall–Kier alpha value is -0.170. The molecule has 0 saturated carbocycles. The van der Waals surface area contributed by atoms with Gasteiger partial charge in [0.2, 0.25) is 10.0 Å². The van der Waals surface area contributed by atoms with E-state index in [1.807, 2.05) is 0 Å². The van der Waals surface area contributed by atoms with Crippen molar-refractivity contribution in [2.24, 2.45) is 5.73 Å². The number of likely N-dealkylation sites (N-methyl/N-ethyl adjacent to an activating group) is 1. The number of aliphatic hydroxyl groups excluding tert-OH is 1. The van der Waals surface area contributed by atoms with Gasteiger partial charge in [0.1, 0.15) is 0 Å². The molecule has 0 saturated heterocycles. The molecule has 3 N–H and O–H groups in total. The first-order valence-corrected chi connectivity index (χ1v) is 5.87. The minimum Gasteiger partial charge on any atom is -0.390 e. The Labute approximate surface area is 79.6 Å². The summed E-state index contributed by atoms with van der Waals surface area (Å²) in [5, 5.41) is 9.13. The van der Waals surface area contributed by atoms with Crippen LogP contribution in [0.1, 0.15) is 13.3 Å². The summed E-state index contributed by atoms with van der Waals surface area (Å²) in [6, 6.07) is 0. The summed E-state index contributed by atoms with van der Waals surface area (Å²) in [7, 11) is -1.75. The van der Waals surface area contributed by atoms with E-state index in [2.05, 4.69) is 0 Å². The Morgan fingerprint density at radius 2 is 2.08 bits per heavy atom. The smallest absolute Gasteiger partial charge is 0.213 e. The van der Waals surface area contributed by atoms with E-state index in [1.165, 1.54) is 7.05 Å². The van der Waals surface area contributed by atoms with Crippen LogP contribution < -0.4 is 5.73 Å². The minimum absolute atomic E-state index is 0.0683. The second-order valence-electron chi connectivity index (χ2n) is 2.99. The van der Waals surface area contributed by atoms with E-state index >= 15 is 0 Å². The van der Waals surface area contributed by atoms with E-state index in [4.69, 9.17) is 10.8 Å². The van der Waals surface area contributed by atoms with Crippen molar-refractivity contribution in [3.8, 4) is 0 Å². The molecule has 0 bridgehead atoms. The first-order chi connectivity index (χ1) is 5.94. The summed E-state index contributed by atoms with van der Waals surface area (Å²) in [4.78, 5) is 0. The van der Waals surface area contributed by atoms with Crippen molar-refractivity contribution < 1.29 is 13.5 Å². The van der Waals surface area contributed by atoms with Crippen molar-refractivity contribution in [3.63, 3.8) is 0 Å². The van der Waals surface area contributed by atoms with Crippen molar-refractivity contribution in [2.75, 3.05) is 25.9 Å². The SMILES string of the molecule is CCCS(=O)(=O)N(C)CC(O)CN. The molecule has 0 aromatic heterocycles. The van der Waals surface area contributed by atoms with Crippen LogP contribution in [0.2, 0.25) is 0 Å². The lowest BCUT2D eigenvalue weighted by molar-refractivity contribution is 0.160. The number of sulfonamides is 1. The number of hydrogen-bond acceptors (Lipinski definition) is 4. The summed E-state index contributed by atoms with van der Waals surface area (Å²) < 4.78 is 23.9. The predicted octanol–water partition coefficient (Wildman–Crippen LogP) is -1.02. The van der Waals surface area contributed by atoms with Crippen molar-refractivity contribution in [1.82, 2.24) is 4.31 Å². The first kappa shape index (κ1) is 12.8. The fraction of sp³-hybridized carbons (Fsp3) is 1.00. The molecule has 0 radical (unpaired) electrons. The third-order valence-electron chi connectivity index (χ3n) is 1.68. The van der Waals surface area contributed by atoms with Gasteiger partial charge in [-0.1, -0.05) is 6.92 Å². The topological polar surface area (TPSA) is 83.6 Å². The van der Waals surface area contributed by atoms with Crippen LogP contribution in [0, 0.1) is 0 Å². The fourth-order valence-electron chi connectivity index (χ4n) is 0.899. The molecule has 0 rings (SSSR count). The monoisotopic (exact) mass is 210 g/mol. The molecular formula is C7H18N2O3S. The maximum absolute atomic E-state index is 11.4. The van der Waals surface area contributed by atoms with Gasteiger partial charge in [0.15, 0.2) is 0 Å². The minimum atomic E-state index is -3.20. The standard InChI is InChI=1S/C7H18N2O3S/c1-3-4-13(11,12)9(2)6-7(10)5-8/h7,10H,3-6,8H2,1-2H3. The highest BCUT2D eigenvalue weighted by molar-refractivity contribution is 7.89. The Bertz CT molecular complexity index is 228. The highest BCUT2D eigenvalue weighted by Gasteiger charge is 2.18. The summed E-state index contributed by atoms with van der Waals surface area (Å²) in [5.74, 6) is 0.112. The van der Waals surface area contributed by atoms with E-state index in [-0.39, 0.29) is 18.8 Å². The second kappa shape index (κ2) is 5.54. The van der Waals surface area contributed by atoms with Crippen molar-refractivity contribution in [3.05, 3.63) is 0 Å². The van der Waals surface area contributed by atoms with E-state index in [1.54, 1.807) is 6.92 Å². The molecule has 0 aliphatic heterocycles. The van der Waals surface area contributed by atoms with E-state index in [0.717, 1.165) is 4.31 Å². The molecule has 80 valence electrons. The molecule has 13 heavy (non-hydrogen) atoms. The molecule has 1 unspecified atom stereocenters. The van der Waals surface area contributed by atoms with Crippen molar-refractivity contribution in [1.29, 1.82) is 0 Å². The third kappa shape index (κ3) is 4.56. The molecule has 0 aromatic rings. The van der Waals surface area contributed by atoms with Gasteiger partial charge in [-0.3, -0.25) is 0 Å². The Balaban J connectivity index is 4.17. The molecule has 5 nitrogen and oxygen atoms in total. The average molecular weight is 210 g/mol. The largest absolute Gasteiger partial charge is 0.390 e. The molecule has 6 heteroatoms. The zero-order chi connectivity index (χ0) is 10.5. The highest BCUT2D eigenvalue weighted by Crippen LogP contribution is 2.00. The van der Waals surface area contributed by atoms with Crippen LogP contribution in [-0.2, 0) is 10.0 Å². The van der Waals surface area contributed by atoms with E-state index < -0.39 is 16.1 Å². The lowest BCUT2D eigenvalue weighted by atomic mass is 10.4. The first-order valence-electron chi connectivity index (χ1n) is 4.26. The summed E-state index contributed by atoms with van der Waals surface area (Å²) >= 11 is 0. The average Bonchev–Trinajstić information content (AvgIpc) is 2.04. The maximum atomic E-state index is 11.4. The molecule has 0 aliphatic rings. The lowest BCUT2D eigenvalue weighted by Gasteiger charge is -2.19. The molecule has 1 atom stereocenters. The zero-order valence-electron chi connectivity index (χ0n) is 8.10. The van der Waals surface area contributed by atoms with Gasteiger partial charge in [-0.2, -0.15) is 0 Å². The molecule has 0 heterocycles. The van der Waals surface area contributed by atoms with Gasteiger partial charge >= 0.3 is 0 Å². The van der Waals surface area contributed by atoms with Crippen LogP contribution in [0.15, 0.2) is 0 Å². The maximum Gasteiger partial charge on any atom is 0.213 e. The molecule has 0 fully saturated rings. The summed E-state index contributed by atoms with van der Waals surface area (Å²) in [6.45, 7) is 1.94. The molecule has 0 aliphatic carbocycles. The van der Waals surface area contributed by atoms with Crippen LogP contribution in [0.5, 0.6) is 0 Å². The molecular weight excluding hydrogens is 192 g/mol. The van der Waals surface area contributed by atoms with Crippen LogP contribution >= 0.6 is 0 Å². The van der Waals surface area contributed by atoms with Gasteiger partial charge in [-0.25, -0.2) is 12.7 Å². The molecule has 0 aromatic carbocycles. The van der Waals surface area contributed by atoms with Crippen LogP contribution in [-0.4, -0.2) is 49.8 Å². The van der Waals surface area contributed by atoms with E-state index in [9.17, 15) is 8.42 Å². The van der Waals surface area contributed by atoms with Crippen LogP contribution in [0.25, 0.3) is 0 Å². The van der Waals surface area contributed by atoms with Crippen molar-refractivity contribution in [2.45, 2.75) is 19.4 Å². The fourth-order valence-corrected chi connectivity index (χ4v) is 2.13. The summed E-state index contributed by atoms with van der Waals surface area (Å²) in [6.07, 6.45) is -0.206. The molecule has 0 amide bonds. The van der Waals surface area contributed by atoms with Gasteiger partial charge in [0.05, 0.1) is 11.9 Å². The highest BCUT2D eigenvalue weighted by atomic mass is 32.2. The van der Waals surface area contributed by atoms with Gasteiger partial charge in [-0.15, -0.1) is 0 Å². The number of nitrogens with zero attached hydrogens (tertiary/aromatic N) is 1. The summed E-state index contributed by atoms with van der Waals surface area (Å²) in [5.41, 5.74) is 5.17. The number of aliphatic hydroxyl groups is 1. The van der Waals surface area contributed by atoms with Gasteiger partial charge in [0.25, 0.3) is 0 Å². The second-order valence-corrected chi connectivity index (χ2v) is 5.18. The number of rotatable bonds is 6.